The number of nitrogens with zero attached hydrogens (tertiary/aromatic N) is 4. The summed E-state index contributed by atoms with van der Waals surface area (Å²) in [5, 5.41) is 23.1. The average molecular weight is 488 g/mol. The molecule has 3 N–H and O–H groups in total. The molecule has 0 aliphatic carbocycles. The van der Waals surface area contributed by atoms with Gasteiger partial charge in [-0.3, -0.25) is 4.57 Å². The molecular weight excluding hydrogens is 473 g/mol. The molecule has 8 nitrogen and oxygen atoms in total. The Balaban J connectivity index is 1.66. The van der Waals surface area contributed by atoms with Crippen molar-refractivity contribution in [3.05, 3.63) is 45.0 Å². The molecule has 0 saturated carbocycles. The molecule has 3 heterocycles. The number of aliphatic hydroxyl groups is 2. The molecular formula is C16H15ClIN5O3. The maximum atomic E-state index is 10.1. The first-order chi connectivity index (χ1) is 12.5. The summed E-state index contributed by atoms with van der Waals surface area (Å²) >= 11 is 8.33. The summed E-state index contributed by atoms with van der Waals surface area (Å²) < 4.78 is 8.15. The van der Waals surface area contributed by atoms with Crippen LogP contribution in [0, 0.1) is 3.57 Å². The molecule has 2 aromatic heterocycles. The van der Waals surface area contributed by atoms with Crippen molar-refractivity contribution in [2.75, 3.05) is 11.9 Å². The molecule has 1 saturated heterocycles. The molecule has 136 valence electrons. The zero-order chi connectivity index (χ0) is 18.3. The fraction of sp³-hybridized carbons (Fsp3) is 0.312. The standard InChI is InChI=1S/C16H15ClIN5O3/c17-16-21-13(19-5-8-2-1-3-9(18)4-8)11-14(22-16)23(7-20-11)15-12(25)10(24)6-26-15/h1-4,7,10,12,15,24-25H,5-6H2,(H,19,21,22)/t10-,12?,15+/m0/s1. The van der Waals surface area contributed by atoms with E-state index in [1.807, 2.05) is 18.2 Å². The van der Waals surface area contributed by atoms with Gasteiger partial charge in [0.25, 0.3) is 0 Å². The van der Waals surface area contributed by atoms with Crippen LogP contribution in [0.3, 0.4) is 0 Å². The van der Waals surface area contributed by atoms with Gasteiger partial charge in [0.1, 0.15) is 12.2 Å². The van der Waals surface area contributed by atoms with Crippen LogP contribution < -0.4 is 5.32 Å². The number of imidazole rings is 1. The van der Waals surface area contributed by atoms with Gasteiger partial charge < -0.3 is 20.3 Å². The van der Waals surface area contributed by atoms with E-state index in [1.54, 1.807) is 4.57 Å². The second kappa shape index (κ2) is 7.24. The van der Waals surface area contributed by atoms with Crippen LogP contribution in [-0.2, 0) is 11.3 Å². The average Bonchev–Trinajstić information content (AvgIpc) is 3.17. The van der Waals surface area contributed by atoms with E-state index in [4.69, 9.17) is 16.3 Å². The van der Waals surface area contributed by atoms with Crippen LogP contribution in [0.2, 0.25) is 5.28 Å². The molecule has 0 spiro atoms. The number of ether oxygens (including phenoxy) is 1. The quantitative estimate of drug-likeness (QED) is 0.382. The minimum absolute atomic E-state index is 0.0437. The molecule has 4 rings (SSSR count). The summed E-state index contributed by atoms with van der Waals surface area (Å²) in [5.41, 5.74) is 2.03. The van der Waals surface area contributed by atoms with Crippen molar-refractivity contribution in [2.24, 2.45) is 0 Å². The third-order valence-corrected chi connectivity index (χ3v) is 4.98. The zero-order valence-electron chi connectivity index (χ0n) is 13.4. The van der Waals surface area contributed by atoms with E-state index in [9.17, 15) is 10.2 Å². The molecule has 1 unspecified atom stereocenters. The number of anilines is 1. The van der Waals surface area contributed by atoms with E-state index in [0.717, 1.165) is 9.13 Å². The van der Waals surface area contributed by atoms with Gasteiger partial charge in [-0.1, -0.05) is 12.1 Å². The van der Waals surface area contributed by atoms with Gasteiger partial charge in [-0.05, 0) is 51.9 Å². The lowest BCUT2D eigenvalue weighted by molar-refractivity contribution is -0.0162. The number of aliphatic hydroxyl groups excluding tert-OH is 2. The van der Waals surface area contributed by atoms with E-state index in [0.29, 0.717) is 23.5 Å². The van der Waals surface area contributed by atoms with Crippen LogP contribution in [0.4, 0.5) is 5.82 Å². The Kier molecular flexibility index (Phi) is 4.97. The normalized spacial score (nSPS) is 22.8. The van der Waals surface area contributed by atoms with Crippen LogP contribution >= 0.6 is 34.2 Å². The molecule has 10 heteroatoms. The van der Waals surface area contributed by atoms with Crippen LogP contribution in [0.15, 0.2) is 30.6 Å². The predicted molar refractivity (Wildman–Crippen MR) is 104 cm³/mol. The minimum Gasteiger partial charge on any atom is -0.388 e. The fourth-order valence-electron chi connectivity index (χ4n) is 2.86. The molecule has 1 fully saturated rings. The highest BCUT2D eigenvalue weighted by Gasteiger charge is 2.37. The molecule has 1 aromatic carbocycles. The number of benzene rings is 1. The largest absolute Gasteiger partial charge is 0.388 e. The molecule has 0 bridgehead atoms. The zero-order valence-corrected chi connectivity index (χ0v) is 16.3. The lowest BCUT2D eigenvalue weighted by Gasteiger charge is -2.16. The summed E-state index contributed by atoms with van der Waals surface area (Å²) in [6.07, 6.45) is -1.29. The third-order valence-electron chi connectivity index (χ3n) is 4.14. The van der Waals surface area contributed by atoms with Gasteiger partial charge in [0.2, 0.25) is 5.28 Å². The summed E-state index contributed by atoms with van der Waals surface area (Å²) in [5.74, 6) is 0.491. The SMILES string of the molecule is OC1[C@H](n2cnc3c(NCc4cccc(I)c4)nc(Cl)nc32)OC[C@@H]1O. The first-order valence-corrected chi connectivity index (χ1v) is 9.35. The van der Waals surface area contributed by atoms with Gasteiger partial charge in [0.05, 0.1) is 12.9 Å². The molecule has 1 aliphatic heterocycles. The summed E-state index contributed by atoms with van der Waals surface area (Å²) in [6.45, 7) is 0.593. The van der Waals surface area contributed by atoms with Gasteiger partial charge in [-0.2, -0.15) is 9.97 Å². The van der Waals surface area contributed by atoms with Gasteiger partial charge in [0.15, 0.2) is 23.2 Å². The van der Waals surface area contributed by atoms with Crippen LogP contribution in [-0.4, -0.2) is 48.5 Å². The minimum atomic E-state index is -1.07. The number of fused-ring (bicyclic) bond motifs is 1. The highest BCUT2D eigenvalue weighted by molar-refractivity contribution is 14.1. The van der Waals surface area contributed by atoms with Crippen molar-refractivity contribution >= 4 is 51.2 Å². The Labute approximate surface area is 167 Å². The maximum Gasteiger partial charge on any atom is 0.226 e. The van der Waals surface area contributed by atoms with Crippen LogP contribution in [0.1, 0.15) is 11.8 Å². The Hall–Kier alpha value is -1.53. The van der Waals surface area contributed by atoms with Gasteiger partial charge >= 0.3 is 0 Å². The Morgan fingerprint density at radius 3 is 2.92 bits per heavy atom. The third kappa shape index (κ3) is 3.37. The number of rotatable bonds is 4. The van der Waals surface area contributed by atoms with Crippen LogP contribution in [0.5, 0.6) is 0 Å². The molecule has 26 heavy (non-hydrogen) atoms. The maximum absolute atomic E-state index is 10.1. The first-order valence-electron chi connectivity index (χ1n) is 7.89. The number of nitrogens with one attached hydrogen (secondary N) is 1. The van der Waals surface area contributed by atoms with E-state index in [-0.39, 0.29) is 11.9 Å². The lowest BCUT2D eigenvalue weighted by Crippen LogP contribution is -2.28. The molecule has 3 atom stereocenters. The van der Waals surface area contributed by atoms with Crippen molar-refractivity contribution in [1.82, 2.24) is 19.5 Å². The van der Waals surface area contributed by atoms with E-state index in [2.05, 4.69) is 48.9 Å². The van der Waals surface area contributed by atoms with Crippen molar-refractivity contribution in [3.8, 4) is 0 Å². The number of halogens is 2. The molecule has 1 aliphatic rings. The predicted octanol–water partition coefficient (Wildman–Crippen LogP) is 1.95. The number of aromatic nitrogens is 4. The van der Waals surface area contributed by atoms with Crippen molar-refractivity contribution in [2.45, 2.75) is 25.0 Å². The van der Waals surface area contributed by atoms with Crippen molar-refractivity contribution < 1.29 is 14.9 Å². The van der Waals surface area contributed by atoms with E-state index in [1.165, 1.54) is 6.33 Å². The molecule has 0 radical (unpaired) electrons. The topological polar surface area (TPSA) is 105 Å². The molecule has 0 amide bonds. The second-order valence-corrected chi connectivity index (χ2v) is 7.51. The summed E-state index contributed by atoms with van der Waals surface area (Å²) in [7, 11) is 0. The smallest absolute Gasteiger partial charge is 0.226 e. The highest BCUT2D eigenvalue weighted by atomic mass is 127. The summed E-state index contributed by atoms with van der Waals surface area (Å²) in [6, 6.07) is 8.08. The van der Waals surface area contributed by atoms with Gasteiger partial charge in [0, 0.05) is 10.1 Å². The first kappa shape index (κ1) is 17.9. The fourth-order valence-corrected chi connectivity index (χ4v) is 3.63. The van der Waals surface area contributed by atoms with Gasteiger partial charge in [-0.15, -0.1) is 0 Å². The van der Waals surface area contributed by atoms with Crippen molar-refractivity contribution in [1.29, 1.82) is 0 Å². The van der Waals surface area contributed by atoms with Crippen LogP contribution in [0.25, 0.3) is 11.2 Å². The Bertz CT molecular complexity index is 953. The Morgan fingerprint density at radius 2 is 2.19 bits per heavy atom. The van der Waals surface area contributed by atoms with Gasteiger partial charge in [-0.25, -0.2) is 4.98 Å². The highest BCUT2D eigenvalue weighted by Crippen LogP contribution is 2.29. The lowest BCUT2D eigenvalue weighted by atomic mass is 10.2. The second-order valence-electron chi connectivity index (χ2n) is 5.93. The van der Waals surface area contributed by atoms with E-state index < -0.39 is 18.4 Å². The number of hydrogen-bond donors (Lipinski definition) is 3. The number of hydrogen-bond acceptors (Lipinski definition) is 7. The van der Waals surface area contributed by atoms with Crippen molar-refractivity contribution in [3.63, 3.8) is 0 Å². The molecule has 3 aromatic rings. The monoisotopic (exact) mass is 487 g/mol. The Morgan fingerprint density at radius 1 is 1.35 bits per heavy atom. The summed E-state index contributed by atoms with van der Waals surface area (Å²) in [4.78, 5) is 12.8. The van der Waals surface area contributed by atoms with E-state index >= 15 is 0 Å².